The summed E-state index contributed by atoms with van der Waals surface area (Å²) in [5.74, 6) is -0.0186. The third-order valence-corrected chi connectivity index (χ3v) is 4.50. The van der Waals surface area contributed by atoms with Crippen molar-refractivity contribution in [2.45, 2.75) is 32.7 Å². The molecular formula is C16H19NO3. The van der Waals surface area contributed by atoms with E-state index in [1.165, 1.54) is 12.8 Å². The van der Waals surface area contributed by atoms with E-state index >= 15 is 0 Å². The van der Waals surface area contributed by atoms with Crippen LogP contribution >= 0.6 is 0 Å². The number of carboxylic acid groups (broad SMARTS) is 1. The fraction of sp³-hybridized carbons (Fsp3) is 0.500. The molecule has 1 aromatic rings. The minimum atomic E-state index is -0.914. The second-order valence-electron chi connectivity index (χ2n) is 5.92. The lowest BCUT2D eigenvalue weighted by Gasteiger charge is -2.31. The van der Waals surface area contributed by atoms with Gasteiger partial charge in [-0.05, 0) is 48.4 Å². The molecule has 1 aliphatic heterocycles. The molecule has 0 radical (unpaired) electrons. The Labute approximate surface area is 118 Å². The van der Waals surface area contributed by atoms with E-state index in [9.17, 15) is 9.59 Å². The lowest BCUT2D eigenvalue weighted by Crippen LogP contribution is -2.39. The molecule has 0 bridgehead atoms. The number of nitrogens with zero attached hydrogens (tertiary/aromatic N) is 1. The Morgan fingerprint density at radius 1 is 1.30 bits per heavy atom. The third-order valence-electron chi connectivity index (χ3n) is 4.50. The topological polar surface area (TPSA) is 57.6 Å². The Kier molecular flexibility index (Phi) is 3.24. The van der Waals surface area contributed by atoms with Crippen LogP contribution in [0.5, 0.6) is 0 Å². The molecule has 1 saturated carbocycles. The van der Waals surface area contributed by atoms with Gasteiger partial charge in [-0.3, -0.25) is 4.79 Å². The fourth-order valence-electron chi connectivity index (χ4n) is 2.96. The van der Waals surface area contributed by atoms with E-state index in [1.54, 1.807) is 12.1 Å². The van der Waals surface area contributed by atoms with E-state index in [4.69, 9.17) is 5.11 Å². The van der Waals surface area contributed by atoms with Crippen LogP contribution in [0.2, 0.25) is 0 Å². The summed E-state index contributed by atoms with van der Waals surface area (Å²) in [5.41, 5.74) is 2.44. The van der Waals surface area contributed by atoms with Crippen molar-refractivity contribution < 1.29 is 14.7 Å². The number of aromatic carboxylic acids is 1. The Morgan fingerprint density at radius 3 is 2.70 bits per heavy atom. The highest BCUT2D eigenvalue weighted by Crippen LogP contribution is 2.38. The highest BCUT2D eigenvalue weighted by Gasteiger charge is 2.35. The average Bonchev–Trinajstić information content (AvgIpc) is 3.29. The smallest absolute Gasteiger partial charge is 0.335 e. The van der Waals surface area contributed by atoms with Crippen LogP contribution < -0.4 is 0 Å². The molecule has 4 heteroatoms. The van der Waals surface area contributed by atoms with Crippen molar-refractivity contribution in [3.05, 3.63) is 34.9 Å². The van der Waals surface area contributed by atoms with Crippen molar-refractivity contribution in [2.75, 3.05) is 6.54 Å². The van der Waals surface area contributed by atoms with Crippen molar-refractivity contribution in [1.29, 1.82) is 0 Å². The largest absolute Gasteiger partial charge is 0.478 e. The minimum absolute atomic E-state index is 0.110. The van der Waals surface area contributed by atoms with Gasteiger partial charge in [-0.25, -0.2) is 4.79 Å². The molecule has 1 atom stereocenters. The molecule has 0 saturated heterocycles. The van der Waals surface area contributed by atoms with Gasteiger partial charge in [0.05, 0.1) is 5.56 Å². The molecule has 0 aromatic heterocycles. The summed E-state index contributed by atoms with van der Waals surface area (Å²) in [5, 5.41) is 9.05. The lowest BCUT2D eigenvalue weighted by molar-refractivity contribution is -0.136. The van der Waals surface area contributed by atoms with E-state index in [1.807, 2.05) is 17.9 Å². The molecule has 2 aliphatic rings. The molecule has 1 aliphatic carbocycles. The summed E-state index contributed by atoms with van der Waals surface area (Å²) in [6.45, 7) is 3.31. The van der Waals surface area contributed by atoms with E-state index in [2.05, 4.69) is 0 Å². The second kappa shape index (κ2) is 4.93. The number of fused-ring (bicyclic) bond motifs is 1. The van der Waals surface area contributed by atoms with Gasteiger partial charge in [-0.1, -0.05) is 13.0 Å². The number of carboxylic acids is 1. The maximum Gasteiger partial charge on any atom is 0.335 e. The fourth-order valence-corrected chi connectivity index (χ4v) is 2.96. The minimum Gasteiger partial charge on any atom is -0.478 e. The number of benzene rings is 1. The first-order valence-electron chi connectivity index (χ1n) is 7.20. The van der Waals surface area contributed by atoms with Gasteiger partial charge in [0.15, 0.2) is 0 Å². The molecule has 0 spiro atoms. The second-order valence-corrected chi connectivity index (χ2v) is 5.92. The number of amides is 1. The highest BCUT2D eigenvalue weighted by molar-refractivity contribution is 5.88. The zero-order valence-corrected chi connectivity index (χ0v) is 11.6. The third kappa shape index (κ3) is 2.42. The van der Waals surface area contributed by atoms with E-state index < -0.39 is 5.97 Å². The average molecular weight is 273 g/mol. The van der Waals surface area contributed by atoms with Crippen LogP contribution in [0.25, 0.3) is 0 Å². The monoisotopic (exact) mass is 273 g/mol. The van der Waals surface area contributed by atoms with Gasteiger partial charge in [0.25, 0.3) is 0 Å². The first-order chi connectivity index (χ1) is 9.56. The molecule has 1 aromatic carbocycles. The molecule has 1 fully saturated rings. The number of rotatable bonds is 3. The molecule has 1 unspecified atom stereocenters. The number of hydrogen-bond acceptors (Lipinski definition) is 2. The van der Waals surface area contributed by atoms with Crippen molar-refractivity contribution in [3.8, 4) is 0 Å². The Morgan fingerprint density at radius 2 is 2.05 bits per heavy atom. The number of carbonyl (C=O) groups is 2. The molecule has 3 rings (SSSR count). The predicted octanol–water partition coefficient (Wildman–Crippen LogP) is 2.32. The predicted molar refractivity (Wildman–Crippen MR) is 74.4 cm³/mol. The van der Waals surface area contributed by atoms with Gasteiger partial charge < -0.3 is 10.0 Å². The summed E-state index contributed by atoms with van der Waals surface area (Å²) in [6, 6.07) is 5.23. The highest BCUT2D eigenvalue weighted by atomic mass is 16.4. The van der Waals surface area contributed by atoms with Crippen LogP contribution in [-0.4, -0.2) is 28.4 Å². The van der Waals surface area contributed by atoms with Crippen molar-refractivity contribution in [2.24, 2.45) is 11.8 Å². The Hall–Kier alpha value is -1.84. The van der Waals surface area contributed by atoms with E-state index in [0.29, 0.717) is 18.0 Å². The summed E-state index contributed by atoms with van der Waals surface area (Å²) >= 11 is 0. The van der Waals surface area contributed by atoms with Crippen molar-refractivity contribution in [1.82, 2.24) is 4.90 Å². The maximum absolute atomic E-state index is 12.4. The van der Waals surface area contributed by atoms with Gasteiger partial charge in [0.2, 0.25) is 5.91 Å². The van der Waals surface area contributed by atoms with Gasteiger partial charge in [0.1, 0.15) is 0 Å². The standard InChI is InChI=1S/C16H19NO3/c1-10(11-2-3-11)15(18)17-7-6-12-4-5-13(16(19)20)8-14(12)9-17/h4-5,8,10-11H,2-3,6-7,9H2,1H3,(H,19,20). The lowest BCUT2D eigenvalue weighted by atomic mass is 9.95. The van der Waals surface area contributed by atoms with E-state index in [-0.39, 0.29) is 11.8 Å². The molecular weight excluding hydrogens is 254 g/mol. The molecule has 4 nitrogen and oxygen atoms in total. The molecule has 106 valence electrons. The van der Waals surface area contributed by atoms with Gasteiger partial charge in [-0.15, -0.1) is 0 Å². The zero-order chi connectivity index (χ0) is 14.3. The summed E-state index contributed by atoms with van der Waals surface area (Å²) in [6.07, 6.45) is 3.15. The van der Waals surface area contributed by atoms with Gasteiger partial charge >= 0.3 is 5.97 Å². The van der Waals surface area contributed by atoms with Crippen LogP contribution in [0.4, 0.5) is 0 Å². The van der Waals surface area contributed by atoms with Gasteiger partial charge in [0, 0.05) is 19.0 Å². The van der Waals surface area contributed by atoms with Crippen LogP contribution in [0.1, 0.15) is 41.3 Å². The normalized spacial score (nSPS) is 19.4. The number of hydrogen-bond donors (Lipinski definition) is 1. The maximum atomic E-state index is 12.4. The Balaban J connectivity index is 1.78. The van der Waals surface area contributed by atoms with Crippen molar-refractivity contribution in [3.63, 3.8) is 0 Å². The molecule has 1 N–H and O–H groups in total. The summed E-state index contributed by atoms with van der Waals surface area (Å²) in [7, 11) is 0. The van der Waals surface area contributed by atoms with Crippen LogP contribution in [-0.2, 0) is 17.8 Å². The van der Waals surface area contributed by atoms with Crippen LogP contribution in [0.15, 0.2) is 18.2 Å². The van der Waals surface area contributed by atoms with Crippen molar-refractivity contribution >= 4 is 11.9 Å². The Bertz CT molecular complexity index is 563. The zero-order valence-electron chi connectivity index (χ0n) is 11.6. The first-order valence-corrected chi connectivity index (χ1v) is 7.20. The van der Waals surface area contributed by atoms with Gasteiger partial charge in [-0.2, -0.15) is 0 Å². The summed E-state index contributed by atoms with van der Waals surface area (Å²) < 4.78 is 0. The van der Waals surface area contributed by atoms with Crippen LogP contribution in [0.3, 0.4) is 0 Å². The van der Waals surface area contributed by atoms with Crippen LogP contribution in [0, 0.1) is 11.8 Å². The first kappa shape index (κ1) is 13.2. The quantitative estimate of drug-likeness (QED) is 0.919. The molecule has 1 heterocycles. The summed E-state index contributed by atoms with van der Waals surface area (Å²) in [4.78, 5) is 25.3. The van der Waals surface area contributed by atoms with E-state index in [0.717, 1.165) is 24.1 Å². The molecule has 1 amide bonds. The SMILES string of the molecule is CC(C(=O)N1CCc2ccc(C(=O)O)cc2C1)C1CC1. The molecule has 20 heavy (non-hydrogen) atoms. The number of carbonyl (C=O) groups excluding carboxylic acids is 1.